The smallest absolute Gasteiger partial charge is 0.308 e. The molecule has 0 aromatic carbocycles. The van der Waals surface area contributed by atoms with Crippen molar-refractivity contribution in [3.63, 3.8) is 0 Å². The maximum Gasteiger partial charge on any atom is 0.308 e. The molecular formula is C11H21NO3. The van der Waals surface area contributed by atoms with E-state index in [-0.39, 0.29) is 18.3 Å². The molecular weight excluding hydrogens is 194 g/mol. The third kappa shape index (κ3) is 4.18. The number of esters is 1. The molecule has 4 nitrogen and oxygen atoms in total. The maximum atomic E-state index is 11.2. The van der Waals surface area contributed by atoms with E-state index in [1.54, 1.807) is 6.92 Å². The van der Waals surface area contributed by atoms with Crippen molar-refractivity contribution in [2.75, 3.05) is 26.7 Å². The molecule has 1 aliphatic rings. The zero-order valence-electron chi connectivity index (χ0n) is 9.61. The zero-order chi connectivity index (χ0) is 11.3. The van der Waals surface area contributed by atoms with Crippen LogP contribution in [0.2, 0.25) is 0 Å². The van der Waals surface area contributed by atoms with Gasteiger partial charge in [0.25, 0.3) is 0 Å². The molecule has 88 valence electrons. The van der Waals surface area contributed by atoms with E-state index < -0.39 is 6.10 Å². The molecule has 0 aromatic heterocycles. The van der Waals surface area contributed by atoms with Gasteiger partial charge in [-0.15, -0.1) is 0 Å². The second kappa shape index (κ2) is 6.08. The van der Waals surface area contributed by atoms with Gasteiger partial charge in [-0.25, -0.2) is 0 Å². The average Bonchev–Trinajstić information content (AvgIpc) is 2.18. The molecule has 0 aromatic rings. The molecule has 1 atom stereocenters. The first-order valence-electron chi connectivity index (χ1n) is 5.65. The number of piperidine rings is 1. The molecule has 1 unspecified atom stereocenters. The molecule has 0 radical (unpaired) electrons. The molecule has 1 saturated heterocycles. The van der Waals surface area contributed by atoms with Crippen molar-refractivity contribution in [2.45, 2.75) is 32.3 Å². The minimum Gasteiger partial charge on any atom is -0.466 e. The predicted molar refractivity (Wildman–Crippen MR) is 57.5 cm³/mol. The topological polar surface area (TPSA) is 49.8 Å². The number of hydrogen-bond donors (Lipinski definition) is 1. The van der Waals surface area contributed by atoms with Gasteiger partial charge in [0.1, 0.15) is 0 Å². The van der Waals surface area contributed by atoms with Crippen molar-refractivity contribution in [2.24, 2.45) is 5.92 Å². The Balaban J connectivity index is 2.27. The number of carbonyl (C=O) groups is 1. The minimum absolute atomic E-state index is 0.141. The first-order valence-corrected chi connectivity index (χ1v) is 5.65. The van der Waals surface area contributed by atoms with Crippen molar-refractivity contribution >= 4 is 5.97 Å². The van der Waals surface area contributed by atoms with Crippen molar-refractivity contribution in [1.82, 2.24) is 4.90 Å². The summed E-state index contributed by atoms with van der Waals surface area (Å²) in [4.78, 5) is 13.4. The molecule has 0 amide bonds. The number of hydrogen-bond acceptors (Lipinski definition) is 4. The second-order valence-corrected chi connectivity index (χ2v) is 4.22. The van der Waals surface area contributed by atoms with Gasteiger partial charge in [-0.2, -0.15) is 0 Å². The van der Waals surface area contributed by atoms with Crippen molar-refractivity contribution in [1.29, 1.82) is 0 Å². The standard InChI is InChI=1S/C11H21NO3/c1-3-15-11(14)8-10(13)9-4-6-12(2)7-5-9/h9-10,13H,3-8H2,1-2H3. The minimum atomic E-state index is -0.530. The van der Waals surface area contributed by atoms with Gasteiger partial charge in [-0.3, -0.25) is 4.79 Å². The van der Waals surface area contributed by atoms with Gasteiger partial charge in [0.15, 0.2) is 0 Å². The third-order valence-corrected chi connectivity index (χ3v) is 2.99. The summed E-state index contributed by atoms with van der Waals surface area (Å²) in [6.07, 6.45) is 1.55. The molecule has 0 saturated carbocycles. The Morgan fingerprint density at radius 1 is 1.53 bits per heavy atom. The molecule has 1 fully saturated rings. The number of aliphatic hydroxyl groups is 1. The summed E-state index contributed by atoms with van der Waals surface area (Å²) in [5.41, 5.74) is 0. The fraction of sp³-hybridized carbons (Fsp3) is 0.909. The Bertz CT molecular complexity index is 200. The summed E-state index contributed by atoms with van der Waals surface area (Å²) < 4.78 is 4.82. The quantitative estimate of drug-likeness (QED) is 0.699. The van der Waals surface area contributed by atoms with Gasteiger partial charge in [-0.05, 0) is 45.8 Å². The highest BCUT2D eigenvalue weighted by molar-refractivity contribution is 5.69. The third-order valence-electron chi connectivity index (χ3n) is 2.99. The van der Waals surface area contributed by atoms with Crippen LogP contribution in [0.1, 0.15) is 26.2 Å². The average molecular weight is 215 g/mol. The van der Waals surface area contributed by atoms with Gasteiger partial charge < -0.3 is 14.7 Å². The Morgan fingerprint density at radius 3 is 2.67 bits per heavy atom. The van der Waals surface area contributed by atoms with Crippen LogP contribution in [0, 0.1) is 5.92 Å². The first-order chi connectivity index (χ1) is 7.13. The van der Waals surface area contributed by atoms with E-state index in [0.717, 1.165) is 25.9 Å². The largest absolute Gasteiger partial charge is 0.466 e. The molecule has 0 bridgehead atoms. The monoisotopic (exact) mass is 215 g/mol. The van der Waals surface area contributed by atoms with E-state index in [2.05, 4.69) is 11.9 Å². The summed E-state index contributed by atoms with van der Waals surface area (Å²) in [5, 5.41) is 9.84. The Kier molecular flexibility index (Phi) is 5.05. The van der Waals surface area contributed by atoms with Crippen LogP contribution in [-0.4, -0.2) is 48.8 Å². The van der Waals surface area contributed by atoms with E-state index >= 15 is 0 Å². The highest BCUT2D eigenvalue weighted by atomic mass is 16.5. The summed E-state index contributed by atoms with van der Waals surface area (Å²) in [5.74, 6) is -0.0328. The Hall–Kier alpha value is -0.610. The maximum absolute atomic E-state index is 11.2. The molecule has 1 aliphatic heterocycles. The summed E-state index contributed by atoms with van der Waals surface area (Å²) in [6.45, 7) is 4.17. The number of carbonyl (C=O) groups excluding carboxylic acids is 1. The van der Waals surface area contributed by atoms with Crippen LogP contribution in [-0.2, 0) is 9.53 Å². The molecule has 0 aliphatic carbocycles. The number of rotatable bonds is 4. The van der Waals surface area contributed by atoms with Crippen LogP contribution in [0.5, 0.6) is 0 Å². The van der Waals surface area contributed by atoms with Crippen LogP contribution in [0.4, 0.5) is 0 Å². The van der Waals surface area contributed by atoms with Crippen LogP contribution in [0.3, 0.4) is 0 Å². The molecule has 0 spiro atoms. The van der Waals surface area contributed by atoms with Crippen LogP contribution in [0.25, 0.3) is 0 Å². The van der Waals surface area contributed by atoms with Gasteiger partial charge in [-0.1, -0.05) is 0 Å². The van der Waals surface area contributed by atoms with E-state index in [9.17, 15) is 9.90 Å². The summed E-state index contributed by atoms with van der Waals surface area (Å²) in [6, 6.07) is 0. The van der Waals surface area contributed by atoms with Crippen molar-refractivity contribution < 1.29 is 14.6 Å². The predicted octanol–water partition coefficient (Wildman–Crippen LogP) is 0.642. The van der Waals surface area contributed by atoms with E-state index in [1.165, 1.54) is 0 Å². The molecule has 4 heteroatoms. The highest BCUT2D eigenvalue weighted by Crippen LogP contribution is 2.21. The van der Waals surface area contributed by atoms with Crippen LogP contribution in [0.15, 0.2) is 0 Å². The first kappa shape index (κ1) is 12.5. The van der Waals surface area contributed by atoms with E-state index in [1.807, 2.05) is 0 Å². The summed E-state index contributed by atoms with van der Waals surface area (Å²) in [7, 11) is 2.08. The number of aliphatic hydroxyl groups excluding tert-OH is 1. The molecule has 1 rings (SSSR count). The Labute approximate surface area is 91.2 Å². The molecule has 1 N–H and O–H groups in total. The number of nitrogens with zero attached hydrogens (tertiary/aromatic N) is 1. The highest BCUT2D eigenvalue weighted by Gasteiger charge is 2.25. The Morgan fingerprint density at radius 2 is 2.13 bits per heavy atom. The fourth-order valence-corrected chi connectivity index (χ4v) is 1.97. The molecule has 15 heavy (non-hydrogen) atoms. The van der Waals surface area contributed by atoms with Crippen molar-refractivity contribution in [3.05, 3.63) is 0 Å². The van der Waals surface area contributed by atoms with Gasteiger partial charge in [0.2, 0.25) is 0 Å². The lowest BCUT2D eigenvalue weighted by molar-refractivity contribution is -0.146. The lowest BCUT2D eigenvalue weighted by Crippen LogP contribution is -2.36. The number of likely N-dealkylation sites (tertiary alicyclic amines) is 1. The SMILES string of the molecule is CCOC(=O)CC(O)C1CCN(C)CC1. The normalized spacial score (nSPS) is 21.3. The number of ether oxygens (including phenoxy) is 1. The van der Waals surface area contributed by atoms with Gasteiger partial charge in [0.05, 0.1) is 19.1 Å². The van der Waals surface area contributed by atoms with Crippen LogP contribution >= 0.6 is 0 Å². The van der Waals surface area contributed by atoms with Crippen molar-refractivity contribution in [3.8, 4) is 0 Å². The fourth-order valence-electron chi connectivity index (χ4n) is 1.97. The summed E-state index contributed by atoms with van der Waals surface area (Å²) >= 11 is 0. The lowest BCUT2D eigenvalue weighted by Gasteiger charge is -2.31. The second-order valence-electron chi connectivity index (χ2n) is 4.22. The van der Waals surface area contributed by atoms with E-state index in [4.69, 9.17) is 4.74 Å². The van der Waals surface area contributed by atoms with Crippen LogP contribution < -0.4 is 0 Å². The van der Waals surface area contributed by atoms with Gasteiger partial charge >= 0.3 is 5.97 Å². The van der Waals surface area contributed by atoms with Gasteiger partial charge in [0, 0.05) is 0 Å². The zero-order valence-corrected chi connectivity index (χ0v) is 9.61. The molecule has 1 heterocycles. The lowest BCUT2D eigenvalue weighted by atomic mass is 9.90. The van der Waals surface area contributed by atoms with E-state index in [0.29, 0.717) is 6.61 Å².